The predicted molar refractivity (Wildman–Crippen MR) is 78.3 cm³/mol. The number of likely N-dealkylation sites (N-methyl/N-ethyl adjacent to an activating group) is 1. The Morgan fingerprint density at radius 1 is 1.32 bits per heavy atom. The van der Waals surface area contributed by atoms with E-state index in [1.165, 1.54) is 10.9 Å². The average Bonchev–Trinajstić information content (AvgIpc) is 2.88. The van der Waals surface area contributed by atoms with Gasteiger partial charge in [-0.2, -0.15) is 0 Å². The van der Waals surface area contributed by atoms with E-state index in [2.05, 4.69) is 11.4 Å². The molecule has 0 spiro atoms. The summed E-state index contributed by atoms with van der Waals surface area (Å²) in [5, 5.41) is 11.8. The van der Waals surface area contributed by atoms with E-state index in [0.717, 1.165) is 18.7 Å². The van der Waals surface area contributed by atoms with Crippen molar-refractivity contribution >= 4 is 17.0 Å². The van der Waals surface area contributed by atoms with E-state index in [4.69, 9.17) is 0 Å². The van der Waals surface area contributed by atoms with Crippen LogP contribution < -0.4 is 4.90 Å². The first-order valence-corrected chi connectivity index (χ1v) is 7.17. The second kappa shape index (κ2) is 6.17. The summed E-state index contributed by atoms with van der Waals surface area (Å²) in [5.41, 5.74) is 1.13. The maximum absolute atomic E-state index is 13.8. The molecule has 0 bridgehead atoms. The van der Waals surface area contributed by atoms with Gasteiger partial charge in [0.15, 0.2) is 0 Å². The molecule has 0 amide bonds. The number of halogens is 1. The molecule has 4 heteroatoms. The van der Waals surface area contributed by atoms with Gasteiger partial charge in [-0.3, -0.25) is 0 Å². The minimum atomic E-state index is -0.805. The highest BCUT2D eigenvalue weighted by Gasteiger charge is 2.16. The zero-order chi connectivity index (χ0) is 13.8. The number of aliphatic hydroxyl groups excluding tert-OH is 1. The molecule has 1 aromatic heterocycles. The van der Waals surface area contributed by atoms with Gasteiger partial charge >= 0.3 is 0 Å². The van der Waals surface area contributed by atoms with Crippen molar-refractivity contribution in [3.8, 4) is 0 Å². The summed E-state index contributed by atoms with van der Waals surface area (Å²) in [6.07, 6.45) is 0.115. The van der Waals surface area contributed by atoms with E-state index in [9.17, 15) is 9.50 Å². The Bertz CT molecular complexity index is 525. The molecule has 0 aliphatic carbocycles. The molecule has 0 aliphatic heterocycles. The highest BCUT2D eigenvalue weighted by atomic mass is 32.1. The lowest BCUT2D eigenvalue weighted by molar-refractivity contribution is 0.194. The van der Waals surface area contributed by atoms with Gasteiger partial charge in [0.25, 0.3) is 0 Å². The van der Waals surface area contributed by atoms with E-state index in [-0.39, 0.29) is 5.82 Å². The van der Waals surface area contributed by atoms with Crippen LogP contribution in [0.1, 0.15) is 23.5 Å². The Morgan fingerprint density at radius 3 is 2.74 bits per heavy atom. The van der Waals surface area contributed by atoms with Gasteiger partial charge in [0.2, 0.25) is 0 Å². The largest absolute Gasteiger partial charge is 0.389 e. The summed E-state index contributed by atoms with van der Waals surface area (Å²) in [6.45, 7) is 2.39. The zero-order valence-corrected chi connectivity index (χ0v) is 12.0. The van der Waals surface area contributed by atoms with Crippen LogP contribution in [0.15, 0.2) is 35.7 Å². The lowest BCUT2D eigenvalue weighted by atomic mass is 10.1. The van der Waals surface area contributed by atoms with Crippen molar-refractivity contribution in [3.05, 3.63) is 52.0 Å². The Morgan fingerprint density at radius 2 is 2.11 bits per heavy atom. The zero-order valence-electron chi connectivity index (χ0n) is 11.1. The molecule has 1 atom stereocenters. The molecule has 0 aliphatic rings. The number of rotatable bonds is 5. The first kappa shape index (κ1) is 14.0. The smallest absolute Gasteiger partial charge is 0.131 e. The van der Waals surface area contributed by atoms with Crippen LogP contribution in [0.3, 0.4) is 0 Å². The number of aliphatic hydroxyl groups is 1. The van der Waals surface area contributed by atoms with Crippen molar-refractivity contribution in [3.63, 3.8) is 0 Å². The van der Waals surface area contributed by atoms with Gasteiger partial charge in [-0.25, -0.2) is 4.39 Å². The molecule has 19 heavy (non-hydrogen) atoms. The highest BCUT2D eigenvalue weighted by molar-refractivity contribution is 7.09. The molecule has 0 fully saturated rings. The van der Waals surface area contributed by atoms with Gasteiger partial charge in [-0.05, 0) is 36.9 Å². The molecule has 1 N–H and O–H groups in total. The Hall–Kier alpha value is -1.39. The van der Waals surface area contributed by atoms with E-state index >= 15 is 0 Å². The van der Waals surface area contributed by atoms with Crippen molar-refractivity contribution in [2.24, 2.45) is 0 Å². The number of nitrogens with zero attached hydrogens (tertiary/aromatic N) is 1. The summed E-state index contributed by atoms with van der Waals surface area (Å²) in [5.74, 6) is -0.351. The number of anilines is 1. The number of benzene rings is 1. The number of thiophene rings is 1. The fraction of sp³-hybridized carbons (Fsp3) is 0.333. The first-order chi connectivity index (χ1) is 9.09. The normalized spacial score (nSPS) is 12.4. The quantitative estimate of drug-likeness (QED) is 0.903. The van der Waals surface area contributed by atoms with Crippen LogP contribution in [-0.4, -0.2) is 18.7 Å². The molecular weight excluding hydrogens is 261 g/mol. The molecule has 0 saturated heterocycles. The second-order valence-electron chi connectivity index (χ2n) is 4.60. The molecule has 2 rings (SSSR count). The van der Waals surface area contributed by atoms with Crippen molar-refractivity contribution < 1.29 is 9.50 Å². The minimum absolute atomic E-state index is 0.351. The van der Waals surface area contributed by atoms with Gasteiger partial charge in [0.05, 0.1) is 6.10 Å². The minimum Gasteiger partial charge on any atom is -0.389 e. The maximum atomic E-state index is 13.8. The third-order valence-corrected chi connectivity index (χ3v) is 4.07. The standard InChI is InChI=1S/C15H18FNOS/c1-11(18)15-13(16)6-3-7-14(15)17(2)9-8-12-5-4-10-19-12/h3-7,10-11,18H,8-9H2,1-2H3. The summed E-state index contributed by atoms with van der Waals surface area (Å²) >= 11 is 1.72. The van der Waals surface area contributed by atoms with E-state index in [1.807, 2.05) is 24.1 Å². The summed E-state index contributed by atoms with van der Waals surface area (Å²) in [4.78, 5) is 3.30. The maximum Gasteiger partial charge on any atom is 0.131 e. The first-order valence-electron chi connectivity index (χ1n) is 6.29. The molecule has 1 aromatic carbocycles. The van der Waals surface area contributed by atoms with Gasteiger partial charge in [-0.15, -0.1) is 11.3 Å². The predicted octanol–water partition coefficient (Wildman–Crippen LogP) is 3.62. The van der Waals surface area contributed by atoms with Crippen molar-refractivity contribution in [2.45, 2.75) is 19.4 Å². The van der Waals surface area contributed by atoms with Gasteiger partial charge in [0, 0.05) is 29.7 Å². The van der Waals surface area contributed by atoms with Crippen molar-refractivity contribution in [1.29, 1.82) is 0 Å². The SMILES string of the molecule is CC(O)c1c(F)cccc1N(C)CCc1cccs1. The Kier molecular flexibility index (Phi) is 4.56. The third-order valence-electron chi connectivity index (χ3n) is 3.13. The molecule has 1 heterocycles. The topological polar surface area (TPSA) is 23.5 Å². The van der Waals surface area contributed by atoms with Crippen LogP contribution in [0.25, 0.3) is 0 Å². The Labute approximate surface area is 117 Å². The molecule has 0 saturated carbocycles. The summed E-state index contributed by atoms with van der Waals surface area (Å²) in [6, 6.07) is 9.04. The van der Waals surface area contributed by atoms with Crippen LogP contribution in [0.5, 0.6) is 0 Å². The highest BCUT2D eigenvalue weighted by Crippen LogP contribution is 2.28. The molecule has 0 radical (unpaired) electrons. The van der Waals surface area contributed by atoms with E-state index in [1.54, 1.807) is 24.3 Å². The van der Waals surface area contributed by atoms with E-state index < -0.39 is 6.10 Å². The fourth-order valence-corrected chi connectivity index (χ4v) is 2.82. The summed E-state index contributed by atoms with van der Waals surface area (Å²) < 4.78 is 13.8. The van der Waals surface area contributed by atoms with Crippen LogP contribution in [0.4, 0.5) is 10.1 Å². The van der Waals surface area contributed by atoms with Crippen LogP contribution in [0, 0.1) is 5.82 Å². The Balaban J connectivity index is 2.14. The molecule has 2 nitrogen and oxygen atoms in total. The average molecular weight is 279 g/mol. The van der Waals surface area contributed by atoms with Crippen molar-refractivity contribution in [2.75, 3.05) is 18.5 Å². The monoisotopic (exact) mass is 279 g/mol. The molecule has 1 unspecified atom stereocenters. The second-order valence-corrected chi connectivity index (χ2v) is 5.63. The lowest BCUT2D eigenvalue weighted by Gasteiger charge is -2.23. The molecular formula is C15H18FNOS. The third kappa shape index (κ3) is 3.33. The van der Waals surface area contributed by atoms with Gasteiger partial charge < -0.3 is 10.0 Å². The fourth-order valence-electron chi connectivity index (χ4n) is 2.13. The summed E-state index contributed by atoms with van der Waals surface area (Å²) in [7, 11) is 1.92. The lowest BCUT2D eigenvalue weighted by Crippen LogP contribution is -2.22. The van der Waals surface area contributed by atoms with Crippen molar-refractivity contribution in [1.82, 2.24) is 0 Å². The van der Waals surface area contributed by atoms with Crippen LogP contribution in [-0.2, 0) is 6.42 Å². The van der Waals surface area contributed by atoms with Gasteiger partial charge in [0.1, 0.15) is 5.82 Å². The number of hydrogen-bond donors (Lipinski definition) is 1. The van der Waals surface area contributed by atoms with Crippen LogP contribution in [0.2, 0.25) is 0 Å². The van der Waals surface area contributed by atoms with E-state index in [0.29, 0.717) is 5.56 Å². The number of hydrogen-bond acceptors (Lipinski definition) is 3. The molecule has 102 valence electrons. The molecule has 2 aromatic rings. The van der Waals surface area contributed by atoms with Crippen LogP contribution >= 0.6 is 11.3 Å². The van der Waals surface area contributed by atoms with Gasteiger partial charge in [-0.1, -0.05) is 12.1 Å².